The summed E-state index contributed by atoms with van der Waals surface area (Å²) in [5.74, 6) is -0.459. The van der Waals surface area contributed by atoms with Crippen LogP contribution < -0.4 is 10.2 Å². The summed E-state index contributed by atoms with van der Waals surface area (Å²) in [7, 11) is 1.59. The average Bonchev–Trinajstić information content (AvgIpc) is 2.55. The summed E-state index contributed by atoms with van der Waals surface area (Å²) in [6, 6.07) is 7.20. The zero-order chi connectivity index (χ0) is 15.1. The van der Waals surface area contributed by atoms with Crippen LogP contribution in [0.2, 0.25) is 0 Å². The molecule has 1 N–H and O–H groups in total. The summed E-state index contributed by atoms with van der Waals surface area (Å²) >= 11 is 0. The van der Waals surface area contributed by atoms with Crippen LogP contribution in [-0.2, 0) is 9.59 Å². The van der Waals surface area contributed by atoms with Gasteiger partial charge in [0.2, 0.25) is 0 Å². The van der Waals surface area contributed by atoms with Crippen molar-refractivity contribution in [2.24, 2.45) is 5.10 Å². The lowest BCUT2D eigenvalue weighted by atomic mass is 10.1. The number of carbonyl (C=O) groups is 2. The Morgan fingerprint density at radius 1 is 1.19 bits per heavy atom. The minimum Gasteiger partial charge on any atom is -0.497 e. The van der Waals surface area contributed by atoms with E-state index in [9.17, 15) is 9.59 Å². The van der Waals surface area contributed by atoms with Crippen molar-refractivity contribution in [2.75, 3.05) is 20.2 Å². The van der Waals surface area contributed by atoms with E-state index < -0.39 is 11.8 Å². The molecule has 1 fully saturated rings. The molecule has 21 heavy (non-hydrogen) atoms. The van der Waals surface area contributed by atoms with Crippen LogP contribution in [0.1, 0.15) is 24.8 Å². The molecular weight excluding hydrogens is 270 g/mol. The van der Waals surface area contributed by atoms with Crippen molar-refractivity contribution >= 4 is 18.0 Å². The Balaban J connectivity index is 1.84. The van der Waals surface area contributed by atoms with Gasteiger partial charge in [0.05, 0.1) is 13.3 Å². The number of ether oxygens (including phenoxy) is 1. The monoisotopic (exact) mass is 289 g/mol. The Labute approximate surface area is 123 Å². The SMILES string of the molecule is COc1ccc(/C=N/NC(=O)C(=O)N2CCCCC2)cc1. The third kappa shape index (κ3) is 4.30. The summed E-state index contributed by atoms with van der Waals surface area (Å²) in [5, 5.41) is 3.80. The lowest BCUT2D eigenvalue weighted by Crippen LogP contribution is -2.43. The van der Waals surface area contributed by atoms with Gasteiger partial charge in [-0.3, -0.25) is 9.59 Å². The van der Waals surface area contributed by atoms with Crippen LogP contribution in [0.15, 0.2) is 29.4 Å². The third-order valence-corrected chi connectivity index (χ3v) is 3.33. The molecule has 0 aliphatic carbocycles. The third-order valence-electron chi connectivity index (χ3n) is 3.33. The second kappa shape index (κ2) is 7.42. The molecule has 1 saturated heterocycles. The topological polar surface area (TPSA) is 71.0 Å². The van der Waals surface area contributed by atoms with E-state index in [2.05, 4.69) is 10.5 Å². The summed E-state index contributed by atoms with van der Waals surface area (Å²) < 4.78 is 5.05. The van der Waals surface area contributed by atoms with Crippen molar-refractivity contribution in [1.29, 1.82) is 0 Å². The van der Waals surface area contributed by atoms with Crippen LogP contribution in [-0.4, -0.2) is 43.1 Å². The molecule has 6 nitrogen and oxygen atoms in total. The molecule has 1 aromatic rings. The zero-order valence-corrected chi connectivity index (χ0v) is 12.0. The van der Waals surface area contributed by atoms with E-state index in [4.69, 9.17) is 4.74 Å². The van der Waals surface area contributed by atoms with Gasteiger partial charge in [-0.2, -0.15) is 5.10 Å². The number of rotatable bonds is 3. The fraction of sp³-hybridized carbons (Fsp3) is 0.400. The van der Waals surface area contributed by atoms with Gasteiger partial charge in [-0.05, 0) is 49.1 Å². The number of carbonyl (C=O) groups excluding carboxylic acids is 2. The maximum absolute atomic E-state index is 11.8. The van der Waals surface area contributed by atoms with Gasteiger partial charge in [-0.1, -0.05) is 0 Å². The Morgan fingerprint density at radius 2 is 1.86 bits per heavy atom. The maximum atomic E-state index is 11.8. The van der Waals surface area contributed by atoms with Crippen molar-refractivity contribution in [3.05, 3.63) is 29.8 Å². The summed E-state index contributed by atoms with van der Waals surface area (Å²) in [6.07, 6.45) is 4.50. The van der Waals surface area contributed by atoms with Crippen LogP contribution in [0.5, 0.6) is 5.75 Å². The standard InChI is InChI=1S/C15H19N3O3/c1-21-13-7-5-12(6-8-13)11-16-17-14(19)15(20)18-9-3-2-4-10-18/h5-8,11H,2-4,9-10H2,1H3,(H,17,19)/b16-11+. The number of hydrazone groups is 1. The Bertz CT molecular complexity index is 519. The van der Waals surface area contributed by atoms with Gasteiger partial charge in [0.1, 0.15) is 5.75 Å². The Morgan fingerprint density at radius 3 is 2.48 bits per heavy atom. The maximum Gasteiger partial charge on any atom is 0.329 e. The first-order valence-corrected chi connectivity index (χ1v) is 6.97. The normalized spacial score (nSPS) is 15.0. The molecule has 112 valence electrons. The van der Waals surface area contributed by atoms with E-state index in [0.717, 1.165) is 30.6 Å². The van der Waals surface area contributed by atoms with Gasteiger partial charge in [0.15, 0.2) is 0 Å². The fourth-order valence-corrected chi connectivity index (χ4v) is 2.14. The summed E-state index contributed by atoms with van der Waals surface area (Å²) in [4.78, 5) is 25.1. The number of amides is 2. The lowest BCUT2D eigenvalue weighted by Gasteiger charge is -2.25. The first kappa shape index (κ1) is 15.0. The van der Waals surface area contributed by atoms with Crippen LogP contribution in [0, 0.1) is 0 Å². The highest BCUT2D eigenvalue weighted by molar-refractivity contribution is 6.35. The second-order valence-electron chi connectivity index (χ2n) is 4.83. The predicted octanol–water partition coefficient (Wildman–Crippen LogP) is 1.16. The van der Waals surface area contributed by atoms with Gasteiger partial charge < -0.3 is 9.64 Å². The Kier molecular flexibility index (Phi) is 5.31. The van der Waals surface area contributed by atoms with Gasteiger partial charge >= 0.3 is 11.8 Å². The number of hydrogen-bond donors (Lipinski definition) is 1. The molecule has 1 aliphatic rings. The van der Waals surface area contributed by atoms with Crippen LogP contribution in [0.4, 0.5) is 0 Å². The number of nitrogens with one attached hydrogen (secondary N) is 1. The van der Waals surface area contributed by atoms with E-state index in [1.54, 1.807) is 36.3 Å². The largest absolute Gasteiger partial charge is 0.497 e. The van der Waals surface area contributed by atoms with Crippen molar-refractivity contribution in [2.45, 2.75) is 19.3 Å². The molecule has 1 aromatic carbocycles. The fourth-order valence-electron chi connectivity index (χ4n) is 2.14. The lowest BCUT2D eigenvalue weighted by molar-refractivity contribution is -0.146. The smallest absolute Gasteiger partial charge is 0.329 e. The van der Waals surface area contributed by atoms with Crippen molar-refractivity contribution in [3.8, 4) is 5.75 Å². The van der Waals surface area contributed by atoms with E-state index in [0.29, 0.717) is 13.1 Å². The molecule has 6 heteroatoms. The van der Waals surface area contributed by atoms with Crippen molar-refractivity contribution in [3.63, 3.8) is 0 Å². The molecule has 0 unspecified atom stereocenters. The molecule has 2 rings (SSSR count). The molecule has 0 aromatic heterocycles. The van der Waals surface area contributed by atoms with Crippen LogP contribution in [0.3, 0.4) is 0 Å². The number of likely N-dealkylation sites (tertiary alicyclic amines) is 1. The van der Waals surface area contributed by atoms with Crippen molar-refractivity contribution < 1.29 is 14.3 Å². The quantitative estimate of drug-likeness (QED) is 0.515. The molecule has 1 heterocycles. The molecule has 0 radical (unpaired) electrons. The summed E-state index contributed by atoms with van der Waals surface area (Å²) in [6.45, 7) is 1.29. The first-order valence-electron chi connectivity index (χ1n) is 6.97. The average molecular weight is 289 g/mol. The zero-order valence-electron chi connectivity index (χ0n) is 12.0. The van der Waals surface area contributed by atoms with Crippen LogP contribution >= 0.6 is 0 Å². The number of hydrogen-bond acceptors (Lipinski definition) is 4. The van der Waals surface area contributed by atoms with Gasteiger partial charge in [-0.15, -0.1) is 0 Å². The molecule has 0 bridgehead atoms. The minimum atomic E-state index is -0.693. The second-order valence-corrected chi connectivity index (χ2v) is 4.83. The van der Waals surface area contributed by atoms with Crippen LogP contribution in [0.25, 0.3) is 0 Å². The number of benzene rings is 1. The molecular formula is C15H19N3O3. The molecule has 0 spiro atoms. The van der Waals surface area contributed by atoms with Gasteiger partial charge in [-0.25, -0.2) is 5.43 Å². The number of piperidine rings is 1. The molecule has 0 saturated carbocycles. The molecule has 0 atom stereocenters. The van der Waals surface area contributed by atoms with Gasteiger partial charge in [0, 0.05) is 13.1 Å². The predicted molar refractivity (Wildman–Crippen MR) is 79.2 cm³/mol. The van der Waals surface area contributed by atoms with E-state index >= 15 is 0 Å². The van der Waals surface area contributed by atoms with E-state index in [-0.39, 0.29) is 0 Å². The van der Waals surface area contributed by atoms with Crippen molar-refractivity contribution in [1.82, 2.24) is 10.3 Å². The van der Waals surface area contributed by atoms with Gasteiger partial charge in [0.25, 0.3) is 0 Å². The van der Waals surface area contributed by atoms with E-state index in [1.807, 2.05) is 0 Å². The summed E-state index contributed by atoms with van der Waals surface area (Å²) in [5.41, 5.74) is 3.07. The minimum absolute atomic E-state index is 0.512. The molecule has 1 aliphatic heterocycles. The Hall–Kier alpha value is -2.37. The number of nitrogens with zero attached hydrogens (tertiary/aromatic N) is 2. The highest BCUT2D eigenvalue weighted by Crippen LogP contribution is 2.10. The number of methoxy groups -OCH3 is 1. The highest BCUT2D eigenvalue weighted by Gasteiger charge is 2.22. The first-order chi connectivity index (χ1) is 10.2. The highest BCUT2D eigenvalue weighted by atomic mass is 16.5. The molecule has 2 amide bonds. The van der Waals surface area contributed by atoms with E-state index in [1.165, 1.54) is 6.21 Å².